The van der Waals surface area contributed by atoms with Crippen molar-refractivity contribution in [2.75, 3.05) is 0 Å². The van der Waals surface area contributed by atoms with E-state index in [0.29, 0.717) is 17.3 Å². The van der Waals surface area contributed by atoms with Gasteiger partial charge in [-0.25, -0.2) is 5.10 Å². The second-order valence-electron chi connectivity index (χ2n) is 6.50. The Morgan fingerprint density at radius 1 is 1.28 bits per heavy atom. The number of hydrogen-bond acceptors (Lipinski definition) is 4. The van der Waals surface area contributed by atoms with Gasteiger partial charge in [0, 0.05) is 30.2 Å². The number of benzene rings is 1. The Bertz CT molecular complexity index is 971. The van der Waals surface area contributed by atoms with Crippen molar-refractivity contribution in [1.29, 1.82) is 0 Å². The van der Waals surface area contributed by atoms with Crippen molar-refractivity contribution in [3.8, 4) is 0 Å². The topological polar surface area (TPSA) is 92.7 Å². The van der Waals surface area contributed by atoms with Gasteiger partial charge in [-0.1, -0.05) is 24.6 Å². The van der Waals surface area contributed by atoms with Crippen molar-refractivity contribution < 1.29 is 4.79 Å². The first-order chi connectivity index (χ1) is 12.2. The summed E-state index contributed by atoms with van der Waals surface area (Å²) in [6, 6.07) is 6.95. The molecule has 25 heavy (non-hydrogen) atoms. The van der Waals surface area contributed by atoms with Crippen molar-refractivity contribution >= 4 is 16.7 Å². The van der Waals surface area contributed by atoms with Gasteiger partial charge < -0.3 is 5.32 Å². The third kappa shape index (κ3) is 3.17. The lowest BCUT2D eigenvalue weighted by molar-refractivity contribution is 0.0946. The molecule has 2 aromatic heterocycles. The molecule has 1 fully saturated rings. The van der Waals surface area contributed by atoms with Crippen LogP contribution in [0.1, 0.15) is 35.3 Å². The van der Waals surface area contributed by atoms with Gasteiger partial charge in [-0.15, -0.1) is 0 Å². The van der Waals surface area contributed by atoms with Crippen LogP contribution < -0.4 is 10.9 Å². The van der Waals surface area contributed by atoms with E-state index in [9.17, 15) is 9.59 Å². The van der Waals surface area contributed by atoms with Crippen LogP contribution >= 0.6 is 0 Å². The predicted molar refractivity (Wildman–Crippen MR) is 93.1 cm³/mol. The second-order valence-corrected chi connectivity index (χ2v) is 6.50. The highest BCUT2D eigenvalue weighted by molar-refractivity contribution is 6.04. The average Bonchev–Trinajstić information content (AvgIpc) is 3.04. The summed E-state index contributed by atoms with van der Waals surface area (Å²) in [5, 5.41) is 14.5. The van der Waals surface area contributed by atoms with Crippen LogP contribution in [0.4, 0.5) is 0 Å². The average molecular weight is 337 g/mol. The maximum Gasteiger partial charge on any atom is 0.272 e. The van der Waals surface area contributed by atoms with Gasteiger partial charge in [-0.3, -0.25) is 14.3 Å². The van der Waals surface area contributed by atoms with Crippen LogP contribution in [0.3, 0.4) is 0 Å². The van der Waals surface area contributed by atoms with Crippen LogP contribution in [0.5, 0.6) is 0 Å². The number of H-pyrrole nitrogens is 1. The predicted octanol–water partition coefficient (Wildman–Crippen LogP) is 1.85. The van der Waals surface area contributed by atoms with Crippen molar-refractivity contribution in [3.05, 3.63) is 58.3 Å². The number of hydrogen-bond donors (Lipinski definition) is 2. The summed E-state index contributed by atoms with van der Waals surface area (Å²) in [5.41, 5.74) is 0.864. The van der Waals surface area contributed by atoms with E-state index in [0.717, 1.165) is 18.0 Å². The number of rotatable bonds is 5. The fourth-order valence-corrected chi connectivity index (χ4v) is 3.09. The first-order valence-electron chi connectivity index (χ1n) is 8.47. The second kappa shape index (κ2) is 6.51. The zero-order chi connectivity index (χ0) is 17.2. The fraction of sp³-hybridized carbons (Fsp3) is 0.333. The van der Waals surface area contributed by atoms with Crippen molar-refractivity contribution in [2.24, 2.45) is 5.92 Å². The van der Waals surface area contributed by atoms with Crippen LogP contribution in [0, 0.1) is 5.92 Å². The molecule has 0 radical (unpaired) electrons. The van der Waals surface area contributed by atoms with Gasteiger partial charge in [-0.05, 0) is 24.8 Å². The Hall–Kier alpha value is -2.96. The molecule has 7 heteroatoms. The highest BCUT2D eigenvalue weighted by Gasteiger charge is 2.18. The summed E-state index contributed by atoms with van der Waals surface area (Å²) in [6.45, 7) is 1.32. The molecule has 0 unspecified atom stereocenters. The summed E-state index contributed by atoms with van der Waals surface area (Å²) in [5.74, 6) is 0.415. The SMILES string of the molecule is O=C(NCc1cnn(CC2CCC2)c1)c1n[nH]c(=O)c2ccccc12. The lowest BCUT2D eigenvalue weighted by Crippen LogP contribution is -2.26. The molecule has 2 N–H and O–H groups in total. The van der Waals surface area contributed by atoms with E-state index in [2.05, 4.69) is 20.6 Å². The van der Waals surface area contributed by atoms with Crippen molar-refractivity contribution in [2.45, 2.75) is 32.4 Å². The van der Waals surface area contributed by atoms with E-state index >= 15 is 0 Å². The van der Waals surface area contributed by atoms with E-state index in [1.807, 2.05) is 10.9 Å². The lowest BCUT2D eigenvalue weighted by Gasteiger charge is -2.24. The van der Waals surface area contributed by atoms with E-state index in [4.69, 9.17) is 0 Å². The molecule has 1 aliphatic carbocycles. The molecule has 1 amide bonds. The third-order valence-corrected chi connectivity index (χ3v) is 4.72. The minimum absolute atomic E-state index is 0.219. The highest BCUT2D eigenvalue weighted by atomic mass is 16.2. The molecule has 0 atom stereocenters. The molecule has 4 rings (SSSR count). The van der Waals surface area contributed by atoms with Crippen LogP contribution in [-0.4, -0.2) is 25.9 Å². The zero-order valence-corrected chi connectivity index (χ0v) is 13.7. The largest absolute Gasteiger partial charge is 0.346 e. The molecule has 1 aromatic carbocycles. The first-order valence-corrected chi connectivity index (χ1v) is 8.47. The smallest absolute Gasteiger partial charge is 0.272 e. The summed E-state index contributed by atoms with van der Waals surface area (Å²) in [6.07, 6.45) is 7.61. The molecule has 0 spiro atoms. The van der Waals surface area contributed by atoms with Gasteiger partial charge in [0.1, 0.15) is 0 Å². The molecule has 0 bridgehead atoms. The lowest BCUT2D eigenvalue weighted by atomic mass is 9.85. The maximum atomic E-state index is 12.5. The fourth-order valence-electron chi connectivity index (χ4n) is 3.09. The number of carbonyl (C=O) groups is 1. The molecular formula is C18H19N5O2. The maximum absolute atomic E-state index is 12.5. The molecule has 7 nitrogen and oxygen atoms in total. The monoisotopic (exact) mass is 337 g/mol. The molecule has 1 aliphatic rings. The van der Waals surface area contributed by atoms with Gasteiger partial charge in [0.05, 0.1) is 11.6 Å². The van der Waals surface area contributed by atoms with E-state index in [-0.39, 0.29) is 17.2 Å². The van der Waals surface area contributed by atoms with Crippen LogP contribution in [-0.2, 0) is 13.1 Å². The van der Waals surface area contributed by atoms with Crippen LogP contribution in [0.2, 0.25) is 0 Å². The number of nitrogens with zero attached hydrogens (tertiary/aromatic N) is 3. The number of aromatic amines is 1. The van der Waals surface area contributed by atoms with Gasteiger partial charge in [0.25, 0.3) is 11.5 Å². The van der Waals surface area contributed by atoms with Crippen molar-refractivity contribution in [1.82, 2.24) is 25.3 Å². The van der Waals surface area contributed by atoms with Crippen LogP contribution in [0.15, 0.2) is 41.5 Å². The molecule has 128 valence electrons. The quantitative estimate of drug-likeness (QED) is 0.743. The molecule has 2 heterocycles. The Morgan fingerprint density at radius 2 is 2.08 bits per heavy atom. The molecule has 0 saturated heterocycles. The summed E-state index contributed by atoms with van der Waals surface area (Å²) >= 11 is 0. The number of amides is 1. The molecule has 1 saturated carbocycles. The Balaban J connectivity index is 1.46. The summed E-state index contributed by atoms with van der Waals surface area (Å²) in [7, 11) is 0. The van der Waals surface area contributed by atoms with Crippen LogP contribution in [0.25, 0.3) is 10.8 Å². The minimum atomic E-state index is -0.320. The van der Waals surface area contributed by atoms with Gasteiger partial charge in [-0.2, -0.15) is 10.2 Å². The molecule has 0 aliphatic heterocycles. The van der Waals surface area contributed by atoms with E-state index < -0.39 is 0 Å². The number of nitrogens with one attached hydrogen (secondary N) is 2. The number of aromatic nitrogens is 4. The zero-order valence-electron chi connectivity index (χ0n) is 13.7. The summed E-state index contributed by atoms with van der Waals surface area (Å²) < 4.78 is 1.94. The van der Waals surface area contributed by atoms with E-state index in [1.54, 1.807) is 30.5 Å². The number of fused-ring (bicyclic) bond motifs is 1. The Morgan fingerprint density at radius 3 is 2.84 bits per heavy atom. The standard InChI is InChI=1S/C18H19N5O2/c24-17-15-7-2-1-6-14(15)16(21-22-17)18(25)19-8-13-9-20-23(11-13)10-12-4-3-5-12/h1-2,6-7,9,11-12H,3-5,8,10H2,(H,19,25)(H,22,24). The van der Waals surface area contributed by atoms with E-state index in [1.165, 1.54) is 19.3 Å². The minimum Gasteiger partial charge on any atom is -0.346 e. The molecular weight excluding hydrogens is 318 g/mol. The Kier molecular flexibility index (Phi) is 4.05. The van der Waals surface area contributed by atoms with Gasteiger partial charge in [0.15, 0.2) is 5.69 Å². The Labute approximate surface area is 144 Å². The highest BCUT2D eigenvalue weighted by Crippen LogP contribution is 2.27. The summed E-state index contributed by atoms with van der Waals surface area (Å²) in [4.78, 5) is 24.3. The van der Waals surface area contributed by atoms with Crippen molar-refractivity contribution in [3.63, 3.8) is 0 Å². The first kappa shape index (κ1) is 15.6. The number of carbonyl (C=O) groups excluding carboxylic acids is 1. The normalized spacial score (nSPS) is 14.4. The van der Waals surface area contributed by atoms with Gasteiger partial charge in [0.2, 0.25) is 0 Å². The third-order valence-electron chi connectivity index (χ3n) is 4.72. The van der Waals surface area contributed by atoms with Gasteiger partial charge >= 0.3 is 0 Å². The molecule has 3 aromatic rings.